The Labute approximate surface area is 208 Å². The van der Waals surface area contributed by atoms with E-state index >= 15 is 0 Å². The van der Waals surface area contributed by atoms with Crippen LogP contribution in [0.2, 0.25) is 0 Å². The number of ether oxygens (including phenoxy) is 2. The minimum absolute atomic E-state index is 0.0622. The van der Waals surface area contributed by atoms with Gasteiger partial charge >= 0.3 is 5.97 Å². The fraction of sp³-hybridized carbons (Fsp3) is 0.321. The average molecular weight is 491 g/mol. The lowest BCUT2D eigenvalue weighted by molar-refractivity contribution is -0.141. The van der Waals surface area contributed by atoms with Crippen LogP contribution < -0.4 is 10.6 Å². The molecule has 2 N–H and O–H groups in total. The maximum atomic E-state index is 14.3. The lowest BCUT2D eigenvalue weighted by Gasteiger charge is -2.40. The molecule has 2 aromatic carbocycles. The molecule has 3 aliphatic rings. The molecule has 186 valence electrons. The van der Waals surface area contributed by atoms with Crippen molar-refractivity contribution in [3.63, 3.8) is 0 Å². The first-order valence-corrected chi connectivity index (χ1v) is 12.1. The Kier molecular flexibility index (Phi) is 5.90. The van der Waals surface area contributed by atoms with E-state index in [-0.39, 0.29) is 59.8 Å². The van der Waals surface area contributed by atoms with E-state index in [2.05, 4.69) is 0 Å². The lowest BCUT2D eigenvalue weighted by atomic mass is 9.63. The predicted octanol–water partition coefficient (Wildman–Crippen LogP) is 3.98. The number of halogens is 1. The second-order valence-corrected chi connectivity index (χ2v) is 9.16. The van der Waals surface area contributed by atoms with Gasteiger partial charge in [0.25, 0.3) is 0 Å². The summed E-state index contributed by atoms with van der Waals surface area (Å²) in [4.78, 5) is 43.1. The minimum Gasteiger partial charge on any atom is -0.462 e. The number of rotatable bonds is 5. The lowest BCUT2D eigenvalue weighted by Crippen LogP contribution is -2.51. The van der Waals surface area contributed by atoms with Crippen molar-refractivity contribution in [3.8, 4) is 0 Å². The number of anilines is 1. The molecule has 0 saturated heterocycles. The number of carbonyl (C=O) groups is 3. The van der Waals surface area contributed by atoms with Gasteiger partial charge in [-0.3, -0.25) is 9.59 Å². The second kappa shape index (κ2) is 8.93. The van der Waals surface area contributed by atoms with Crippen LogP contribution in [0.1, 0.15) is 50.2 Å². The highest BCUT2D eigenvalue weighted by molar-refractivity contribution is 6.23. The molecule has 2 heterocycles. The van der Waals surface area contributed by atoms with Crippen molar-refractivity contribution in [1.29, 1.82) is 0 Å². The molecule has 2 aromatic rings. The molecule has 1 spiro atoms. The van der Waals surface area contributed by atoms with Crippen molar-refractivity contribution in [1.82, 2.24) is 0 Å². The smallest absolute Gasteiger partial charge is 0.341 e. The van der Waals surface area contributed by atoms with Crippen molar-refractivity contribution in [2.45, 2.75) is 44.4 Å². The van der Waals surface area contributed by atoms with Crippen LogP contribution >= 0.6 is 0 Å². The van der Waals surface area contributed by atoms with Crippen LogP contribution in [0.4, 0.5) is 10.1 Å². The van der Waals surface area contributed by atoms with Gasteiger partial charge in [-0.05, 0) is 43.0 Å². The molecule has 2 aliphatic heterocycles. The van der Waals surface area contributed by atoms with Crippen LogP contribution in [-0.2, 0) is 29.3 Å². The van der Waals surface area contributed by atoms with Crippen LogP contribution in [0.3, 0.4) is 0 Å². The van der Waals surface area contributed by atoms with Gasteiger partial charge in [-0.25, -0.2) is 9.18 Å². The zero-order valence-electron chi connectivity index (χ0n) is 20.2. The van der Waals surface area contributed by atoms with Gasteiger partial charge in [0, 0.05) is 30.6 Å². The Morgan fingerprint density at radius 2 is 1.86 bits per heavy atom. The molecule has 5 rings (SSSR count). The largest absolute Gasteiger partial charge is 0.462 e. The molecule has 0 radical (unpaired) electrons. The predicted molar refractivity (Wildman–Crippen MR) is 130 cm³/mol. The number of nitrogens with zero attached hydrogens (tertiary/aromatic N) is 1. The van der Waals surface area contributed by atoms with Gasteiger partial charge in [-0.15, -0.1) is 0 Å². The number of nitrogens with two attached hydrogens (primary N) is 1. The van der Waals surface area contributed by atoms with Crippen LogP contribution in [0.25, 0.3) is 0 Å². The number of Topliss-reactive ketones (excluding diaryl/α,β-unsaturated/α-hetero) is 1. The maximum Gasteiger partial charge on any atom is 0.341 e. The third-order valence-corrected chi connectivity index (χ3v) is 7.08. The number of fused-ring (bicyclic) bond motifs is 3. The van der Waals surface area contributed by atoms with Gasteiger partial charge in [0.2, 0.25) is 11.8 Å². The monoisotopic (exact) mass is 490 g/mol. The first kappa shape index (κ1) is 23.8. The maximum absolute atomic E-state index is 14.3. The van der Waals surface area contributed by atoms with Gasteiger partial charge < -0.3 is 20.1 Å². The molecule has 0 saturated carbocycles. The second-order valence-electron chi connectivity index (χ2n) is 9.16. The molecule has 7 nitrogen and oxygen atoms in total. The van der Waals surface area contributed by atoms with Crippen molar-refractivity contribution < 1.29 is 28.2 Å². The Hall–Kier alpha value is -3.94. The van der Waals surface area contributed by atoms with Crippen LogP contribution in [-0.4, -0.2) is 30.8 Å². The van der Waals surface area contributed by atoms with Gasteiger partial charge in [-0.2, -0.15) is 0 Å². The minimum atomic E-state index is -1.75. The van der Waals surface area contributed by atoms with E-state index in [0.717, 1.165) is 5.56 Å². The molecule has 0 aromatic heterocycles. The summed E-state index contributed by atoms with van der Waals surface area (Å²) in [7, 11) is 0. The van der Waals surface area contributed by atoms with E-state index in [9.17, 15) is 18.8 Å². The first-order chi connectivity index (χ1) is 17.3. The molecule has 36 heavy (non-hydrogen) atoms. The fourth-order valence-corrected chi connectivity index (χ4v) is 5.69. The number of benzene rings is 2. The van der Waals surface area contributed by atoms with Gasteiger partial charge in [0.15, 0.2) is 5.78 Å². The summed E-state index contributed by atoms with van der Waals surface area (Å²) >= 11 is 0. The quantitative estimate of drug-likeness (QED) is 0.637. The standard InChI is InChI=1S/C28H27FN2O5/c1-3-13-31-20-8-6-5-7-19(20)28(27(31)34)23-21(32)14-17(16-9-11-18(29)12-10-16)15-22(23)36-25(30)24(28)26(33)35-4-2/h5-12,17H,3-4,13-15,30H2,1-2H3. The average Bonchev–Trinajstić information content (AvgIpc) is 3.08. The number of carbonyl (C=O) groups excluding carboxylic acids is 3. The summed E-state index contributed by atoms with van der Waals surface area (Å²) in [5, 5.41) is 0. The molecule has 1 amide bonds. The number of allylic oxidation sites excluding steroid dienone is 1. The number of ketones is 1. The van der Waals surface area contributed by atoms with Crippen molar-refractivity contribution in [2.24, 2.45) is 5.73 Å². The zero-order chi connectivity index (χ0) is 25.6. The van der Waals surface area contributed by atoms with Crippen molar-refractivity contribution >= 4 is 23.3 Å². The topological polar surface area (TPSA) is 98.9 Å². The Morgan fingerprint density at radius 3 is 2.56 bits per heavy atom. The molecular weight excluding hydrogens is 463 g/mol. The summed E-state index contributed by atoms with van der Waals surface area (Å²) in [6.07, 6.45) is 1.02. The summed E-state index contributed by atoms with van der Waals surface area (Å²) < 4.78 is 24.8. The molecule has 2 unspecified atom stereocenters. The summed E-state index contributed by atoms with van der Waals surface area (Å²) in [5.74, 6) is -2.18. The fourth-order valence-electron chi connectivity index (χ4n) is 5.69. The third-order valence-electron chi connectivity index (χ3n) is 7.08. The summed E-state index contributed by atoms with van der Waals surface area (Å²) in [5.41, 5.74) is 6.49. The SMILES string of the molecule is CCCN1C(=O)C2(C(C(=O)OCC)=C(N)OC3=C2C(=O)CC(c2ccc(F)cc2)C3)c2ccccc21. The Bertz CT molecular complexity index is 1330. The number of para-hydroxylation sites is 1. The highest BCUT2D eigenvalue weighted by Crippen LogP contribution is 2.57. The number of hydrogen-bond donors (Lipinski definition) is 1. The van der Waals surface area contributed by atoms with Crippen molar-refractivity contribution in [3.05, 3.63) is 88.3 Å². The van der Waals surface area contributed by atoms with Crippen molar-refractivity contribution in [2.75, 3.05) is 18.1 Å². The van der Waals surface area contributed by atoms with E-state index in [4.69, 9.17) is 15.2 Å². The van der Waals surface area contributed by atoms with E-state index in [1.807, 2.05) is 13.0 Å². The van der Waals surface area contributed by atoms with Crippen LogP contribution in [0, 0.1) is 5.82 Å². The number of esters is 1. The Balaban J connectivity index is 1.74. The van der Waals surface area contributed by atoms with Gasteiger partial charge in [-0.1, -0.05) is 37.3 Å². The van der Waals surface area contributed by atoms with E-state index in [1.54, 1.807) is 42.2 Å². The highest BCUT2D eigenvalue weighted by atomic mass is 19.1. The van der Waals surface area contributed by atoms with E-state index < -0.39 is 17.3 Å². The van der Waals surface area contributed by atoms with Crippen LogP contribution in [0.5, 0.6) is 0 Å². The molecule has 2 atom stereocenters. The van der Waals surface area contributed by atoms with E-state index in [1.165, 1.54) is 12.1 Å². The number of amides is 1. The molecule has 1 aliphatic carbocycles. The molecular formula is C28H27FN2O5. The molecule has 0 bridgehead atoms. The van der Waals surface area contributed by atoms with Gasteiger partial charge in [0.1, 0.15) is 22.6 Å². The van der Waals surface area contributed by atoms with Crippen LogP contribution in [0.15, 0.2) is 71.3 Å². The Morgan fingerprint density at radius 1 is 1.14 bits per heavy atom. The molecule has 0 fully saturated rings. The van der Waals surface area contributed by atoms with E-state index in [0.29, 0.717) is 24.2 Å². The van der Waals surface area contributed by atoms with Gasteiger partial charge in [0.05, 0.1) is 12.2 Å². The number of hydrogen-bond acceptors (Lipinski definition) is 6. The first-order valence-electron chi connectivity index (χ1n) is 12.1. The normalized spacial score (nSPS) is 23.1. The zero-order valence-corrected chi connectivity index (χ0v) is 20.2. The summed E-state index contributed by atoms with van der Waals surface area (Å²) in [6, 6.07) is 13.1. The summed E-state index contributed by atoms with van der Waals surface area (Å²) in [6.45, 7) is 4.07. The molecule has 8 heteroatoms. The highest BCUT2D eigenvalue weighted by Gasteiger charge is 2.64. The third kappa shape index (κ3) is 3.35.